The van der Waals surface area contributed by atoms with Gasteiger partial charge in [-0.1, -0.05) is 0 Å². The number of aliphatic hydroxyl groups excluding tert-OH is 1. The third-order valence-corrected chi connectivity index (χ3v) is 4.10. The van der Waals surface area contributed by atoms with E-state index in [4.69, 9.17) is 0 Å². The Balaban J connectivity index is 1.80. The zero-order valence-electron chi connectivity index (χ0n) is 13.8. The summed E-state index contributed by atoms with van der Waals surface area (Å²) in [5.41, 5.74) is 0.566. The minimum absolute atomic E-state index is 0.0999. The molecule has 7 nitrogen and oxygen atoms in total. The van der Waals surface area contributed by atoms with Crippen molar-refractivity contribution in [2.75, 3.05) is 53.4 Å². The molecule has 1 atom stereocenters. The summed E-state index contributed by atoms with van der Waals surface area (Å²) >= 11 is 0. The number of piperazine rings is 1. The highest BCUT2D eigenvalue weighted by Crippen LogP contribution is 2.05. The Morgan fingerprint density at radius 2 is 2.09 bits per heavy atom. The van der Waals surface area contributed by atoms with Gasteiger partial charge in [0.15, 0.2) is 0 Å². The first-order valence-corrected chi connectivity index (χ1v) is 7.86. The van der Waals surface area contributed by atoms with Crippen LogP contribution in [-0.2, 0) is 6.54 Å². The SMILES string of the molecule is CCn1cc(C(=O)N(C)CC(O)CN2CCN(C)CC2)cn1. The van der Waals surface area contributed by atoms with Crippen LogP contribution in [0.15, 0.2) is 12.4 Å². The number of aliphatic hydroxyl groups is 1. The molecule has 1 aromatic heterocycles. The van der Waals surface area contributed by atoms with Crippen LogP contribution in [0.5, 0.6) is 0 Å². The third-order valence-electron chi connectivity index (χ3n) is 4.10. The number of carbonyl (C=O) groups excluding carboxylic acids is 1. The largest absolute Gasteiger partial charge is 0.390 e. The van der Waals surface area contributed by atoms with Crippen LogP contribution in [0, 0.1) is 0 Å². The molecule has 0 saturated carbocycles. The maximum atomic E-state index is 12.3. The normalized spacial score (nSPS) is 18.4. The summed E-state index contributed by atoms with van der Waals surface area (Å²) in [4.78, 5) is 18.4. The molecule has 1 aliphatic rings. The van der Waals surface area contributed by atoms with Crippen LogP contribution >= 0.6 is 0 Å². The fraction of sp³-hybridized carbons (Fsp3) is 0.733. The summed E-state index contributed by atoms with van der Waals surface area (Å²) in [6.45, 7) is 7.65. The van der Waals surface area contributed by atoms with E-state index in [1.165, 1.54) is 0 Å². The van der Waals surface area contributed by atoms with Crippen LogP contribution in [-0.4, -0.2) is 95.0 Å². The number of carbonyl (C=O) groups is 1. The highest BCUT2D eigenvalue weighted by Gasteiger charge is 2.20. The molecule has 1 unspecified atom stereocenters. The molecule has 1 N–H and O–H groups in total. The number of rotatable bonds is 6. The first kappa shape index (κ1) is 16.9. The lowest BCUT2D eigenvalue weighted by Crippen LogP contribution is -2.48. The fourth-order valence-electron chi connectivity index (χ4n) is 2.65. The molecule has 124 valence electrons. The predicted octanol–water partition coefficient (Wildman–Crippen LogP) is -0.417. The van der Waals surface area contributed by atoms with E-state index in [9.17, 15) is 9.90 Å². The number of hydrogen-bond donors (Lipinski definition) is 1. The number of β-amino-alcohol motifs (C(OH)–C–C–N with tert-alkyl or cyclic N) is 1. The highest BCUT2D eigenvalue weighted by molar-refractivity contribution is 5.93. The molecule has 22 heavy (non-hydrogen) atoms. The molecule has 0 spiro atoms. The van der Waals surface area contributed by atoms with Crippen LogP contribution in [0.3, 0.4) is 0 Å². The Bertz CT molecular complexity index is 482. The molecule has 1 aliphatic heterocycles. The number of aromatic nitrogens is 2. The van der Waals surface area contributed by atoms with Gasteiger partial charge in [0.2, 0.25) is 0 Å². The maximum Gasteiger partial charge on any atom is 0.256 e. The van der Waals surface area contributed by atoms with Crippen molar-refractivity contribution in [1.82, 2.24) is 24.5 Å². The van der Waals surface area contributed by atoms with Crippen LogP contribution in [0.2, 0.25) is 0 Å². The van der Waals surface area contributed by atoms with Crippen molar-refractivity contribution in [3.63, 3.8) is 0 Å². The summed E-state index contributed by atoms with van der Waals surface area (Å²) in [5.74, 6) is -0.0999. The lowest BCUT2D eigenvalue weighted by molar-refractivity contribution is 0.0501. The number of nitrogens with zero attached hydrogens (tertiary/aromatic N) is 5. The van der Waals surface area contributed by atoms with E-state index in [1.54, 1.807) is 29.0 Å². The summed E-state index contributed by atoms with van der Waals surface area (Å²) in [7, 11) is 3.83. The minimum atomic E-state index is -0.529. The number of aryl methyl sites for hydroxylation is 1. The summed E-state index contributed by atoms with van der Waals surface area (Å²) < 4.78 is 1.72. The van der Waals surface area contributed by atoms with E-state index in [2.05, 4.69) is 21.9 Å². The van der Waals surface area contributed by atoms with Crippen molar-refractivity contribution < 1.29 is 9.90 Å². The monoisotopic (exact) mass is 309 g/mol. The summed E-state index contributed by atoms with van der Waals surface area (Å²) in [5, 5.41) is 14.3. The van der Waals surface area contributed by atoms with Crippen molar-refractivity contribution >= 4 is 5.91 Å². The number of likely N-dealkylation sites (N-methyl/N-ethyl adjacent to an activating group) is 2. The second kappa shape index (κ2) is 7.71. The van der Waals surface area contributed by atoms with Crippen LogP contribution in [0.25, 0.3) is 0 Å². The molecular formula is C15H27N5O2. The van der Waals surface area contributed by atoms with Gasteiger partial charge in [0, 0.05) is 59.1 Å². The van der Waals surface area contributed by atoms with Crippen molar-refractivity contribution in [1.29, 1.82) is 0 Å². The molecular weight excluding hydrogens is 282 g/mol. The Labute approximate surface area is 132 Å². The molecule has 7 heteroatoms. The van der Waals surface area contributed by atoms with E-state index in [-0.39, 0.29) is 5.91 Å². The maximum absolute atomic E-state index is 12.3. The van der Waals surface area contributed by atoms with Crippen molar-refractivity contribution in [3.05, 3.63) is 18.0 Å². The van der Waals surface area contributed by atoms with Gasteiger partial charge in [-0.25, -0.2) is 0 Å². The fourth-order valence-corrected chi connectivity index (χ4v) is 2.65. The van der Waals surface area contributed by atoms with Crippen LogP contribution in [0.4, 0.5) is 0 Å². The molecule has 1 amide bonds. The summed E-state index contributed by atoms with van der Waals surface area (Å²) in [6, 6.07) is 0. The lowest BCUT2D eigenvalue weighted by Gasteiger charge is -2.34. The molecule has 1 fully saturated rings. The van der Waals surface area contributed by atoms with Crippen molar-refractivity contribution in [2.24, 2.45) is 0 Å². The molecule has 0 bridgehead atoms. The zero-order chi connectivity index (χ0) is 16.1. The van der Waals surface area contributed by atoms with Gasteiger partial charge in [-0.3, -0.25) is 14.4 Å². The van der Waals surface area contributed by atoms with Gasteiger partial charge >= 0.3 is 0 Å². The first-order chi connectivity index (χ1) is 10.5. The van der Waals surface area contributed by atoms with Gasteiger partial charge in [0.05, 0.1) is 17.9 Å². The Morgan fingerprint density at radius 3 is 2.68 bits per heavy atom. The number of hydrogen-bond acceptors (Lipinski definition) is 5. The first-order valence-electron chi connectivity index (χ1n) is 7.86. The van der Waals surface area contributed by atoms with Crippen LogP contribution in [0.1, 0.15) is 17.3 Å². The lowest BCUT2D eigenvalue weighted by atomic mass is 10.2. The molecule has 2 heterocycles. The van der Waals surface area contributed by atoms with Gasteiger partial charge in [-0.15, -0.1) is 0 Å². The Morgan fingerprint density at radius 1 is 1.41 bits per heavy atom. The number of amides is 1. The van der Waals surface area contributed by atoms with Gasteiger partial charge < -0.3 is 14.9 Å². The molecule has 0 aliphatic carbocycles. The van der Waals surface area contributed by atoms with E-state index in [0.717, 1.165) is 32.7 Å². The van der Waals surface area contributed by atoms with Gasteiger partial charge in [-0.05, 0) is 14.0 Å². The quantitative estimate of drug-likeness (QED) is 0.773. The standard InChI is InChI=1S/C15H27N5O2/c1-4-20-10-13(9-16-20)15(22)18(3)11-14(21)12-19-7-5-17(2)6-8-19/h9-10,14,21H,4-8,11-12H2,1-3H3. The zero-order valence-corrected chi connectivity index (χ0v) is 13.8. The van der Waals surface area contributed by atoms with Crippen molar-refractivity contribution in [3.8, 4) is 0 Å². The summed E-state index contributed by atoms with van der Waals surface area (Å²) in [6.07, 6.45) is 2.79. The van der Waals surface area contributed by atoms with E-state index in [1.807, 2.05) is 6.92 Å². The van der Waals surface area contributed by atoms with E-state index in [0.29, 0.717) is 18.7 Å². The molecule has 0 aromatic carbocycles. The average Bonchev–Trinajstić information content (AvgIpc) is 2.97. The smallest absolute Gasteiger partial charge is 0.256 e. The molecule has 0 radical (unpaired) electrons. The minimum Gasteiger partial charge on any atom is -0.390 e. The molecule has 1 aromatic rings. The van der Waals surface area contributed by atoms with Crippen molar-refractivity contribution in [2.45, 2.75) is 19.6 Å². The Kier molecular flexibility index (Phi) is 5.93. The van der Waals surface area contributed by atoms with Gasteiger partial charge in [0.1, 0.15) is 0 Å². The third kappa shape index (κ3) is 4.53. The highest BCUT2D eigenvalue weighted by atomic mass is 16.3. The van der Waals surface area contributed by atoms with E-state index < -0.39 is 6.10 Å². The second-order valence-electron chi connectivity index (χ2n) is 6.03. The average molecular weight is 309 g/mol. The van der Waals surface area contributed by atoms with Gasteiger partial charge in [0.25, 0.3) is 5.91 Å². The van der Waals surface area contributed by atoms with Crippen LogP contribution < -0.4 is 0 Å². The predicted molar refractivity (Wildman–Crippen MR) is 84.8 cm³/mol. The van der Waals surface area contributed by atoms with Gasteiger partial charge in [-0.2, -0.15) is 5.10 Å². The molecule has 1 saturated heterocycles. The topological polar surface area (TPSA) is 64.8 Å². The molecule has 2 rings (SSSR count). The van der Waals surface area contributed by atoms with E-state index >= 15 is 0 Å². The Hall–Kier alpha value is -1.44. The second-order valence-corrected chi connectivity index (χ2v) is 6.03.